The van der Waals surface area contributed by atoms with E-state index in [0.29, 0.717) is 0 Å². The Hall–Kier alpha value is -7.16. The third kappa shape index (κ3) is 5.53. The molecule has 9 aromatic carbocycles. The maximum Gasteiger partial charge on any atom is 0.0547 e. The molecule has 0 amide bonds. The molecular formula is C52H36N2. The van der Waals surface area contributed by atoms with Crippen molar-refractivity contribution < 1.29 is 0 Å². The minimum Gasteiger partial charge on any atom is -0.310 e. The van der Waals surface area contributed by atoms with E-state index in [1.807, 2.05) is 0 Å². The van der Waals surface area contributed by atoms with Crippen molar-refractivity contribution in [3.05, 3.63) is 218 Å². The summed E-state index contributed by atoms with van der Waals surface area (Å²) in [6.07, 6.45) is 0. The summed E-state index contributed by atoms with van der Waals surface area (Å²) in [5.41, 5.74) is 14.1. The highest BCUT2D eigenvalue weighted by Gasteiger charge is 2.20. The lowest BCUT2D eigenvalue weighted by Crippen LogP contribution is -2.10. The van der Waals surface area contributed by atoms with E-state index in [2.05, 4.69) is 228 Å². The molecule has 10 aromatic rings. The van der Waals surface area contributed by atoms with Crippen LogP contribution in [-0.4, -0.2) is 4.57 Å². The predicted octanol–water partition coefficient (Wildman–Crippen LogP) is 14.4. The van der Waals surface area contributed by atoms with Gasteiger partial charge in [-0.3, -0.25) is 0 Å². The topological polar surface area (TPSA) is 8.17 Å². The van der Waals surface area contributed by atoms with Crippen molar-refractivity contribution in [3.63, 3.8) is 0 Å². The molecule has 0 spiro atoms. The first kappa shape index (κ1) is 31.6. The Bertz CT molecular complexity index is 2890. The van der Waals surface area contributed by atoms with Crippen LogP contribution in [0.25, 0.3) is 71.6 Å². The maximum atomic E-state index is 2.40. The number of fused-ring (bicyclic) bond motifs is 4. The van der Waals surface area contributed by atoms with E-state index < -0.39 is 0 Å². The van der Waals surface area contributed by atoms with Crippen LogP contribution in [0, 0.1) is 0 Å². The smallest absolute Gasteiger partial charge is 0.0547 e. The Morgan fingerprint density at radius 2 is 0.833 bits per heavy atom. The molecule has 0 N–H and O–H groups in total. The molecule has 0 aliphatic rings. The number of rotatable bonds is 7. The van der Waals surface area contributed by atoms with Gasteiger partial charge in [0.2, 0.25) is 0 Å². The number of hydrogen-bond acceptors (Lipinski definition) is 1. The van der Waals surface area contributed by atoms with Crippen molar-refractivity contribution >= 4 is 49.6 Å². The third-order valence-corrected chi connectivity index (χ3v) is 10.6. The van der Waals surface area contributed by atoms with Gasteiger partial charge in [0.05, 0.1) is 11.0 Å². The first-order chi connectivity index (χ1) is 26.8. The van der Waals surface area contributed by atoms with Crippen LogP contribution in [0.1, 0.15) is 0 Å². The van der Waals surface area contributed by atoms with Crippen LogP contribution in [0.2, 0.25) is 0 Å². The van der Waals surface area contributed by atoms with Gasteiger partial charge in [0, 0.05) is 33.5 Å². The molecule has 0 aliphatic carbocycles. The van der Waals surface area contributed by atoms with Crippen molar-refractivity contribution in [1.82, 2.24) is 4.57 Å². The zero-order valence-electron chi connectivity index (χ0n) is 29.7. The van der Waals surface area contributed by atoms with Gasteiger partial charge in [-0.15, -0.1) is 0 Å². The number of anilines is 3. The second-order valence-corrected chi connectivity index (χ2v) is 13.8. The quantitative estimate of drug-likeness (QED) is 0.162. The second kappa shape index (κ2) is 13.4. The van der Waals surface area contributed by atoms with E-state index in [0.717, 1.165) is 22.7 Å². The molecule has 2 heteroatoms. The lowest BCUT2D eigenvalue weighted by atomic mass is 9.98. The molecular weight excluding hydrogens is 653 g/mol. The van der Waals surface area contributed by atoms with Crippen molar-refractivity contribution in [3.8, 4) is 39.1 Å². The minimum atomic E-state index is 1.10. The summed E-state index contributed by atoms with van der Waals surface area (Å²) >= 11 is 0. The Balaban J connectivity index is 1.18. The van der Waals surface area contributed by atoms with E-state index in [9.17, 15) is 0 Å². The zero-order chi connectivity index (χ0) is 35.8. The molecule has 0 bridgehead atoms. The summed E-state index contributed by atoms with van der Waals surface area (Å²) in [5.74, 6) is 0. The van der Waals surface area contributed by atoms with Gasteiger partial charge in [-0.05, 0) is 105 Å². The normalized spacial score (nSPS) is 11.3. The number of para-hydroxylation sites is 1. The molecule has 54 heavy (non-hydrogen) atoms. The van der Waals surface area contributed by atoms with Gasteiger partial charge < -0.3 is 9.47 Å². The largest absolute Gasteiger partial charge is 0.310 e. The fraction of sp³-hybridized carbons (Fsp3) is 0. The monoisotopic (exact) mass is 688 g/mol. The highest BCUT2D eigenvalue weighted by Crippen LogP contribution is 2.43. The lowest BCUT2D eigenvalue weighted by molar-refractivity contribution is 1.18. The van der Waals surface area contributed by atoms with Gasteiger partial charge in [0.1, 0.15) is 0 Å². The molecule has 0 saturated carbocycles. The Labute approximate surface area is 315 Å². The van der Waals surface area contributed by atoms with Crippen LogP contribution in [0.4, 0.5) is 17.1 Å². The first-order valence-corrected chi connectivity index (χ1v) is 18.5. The summed E-state index contributed by atoms with van der Waals surface area (Å²) in [4.78, 5) is 2.39. The maximum absolute atomic E-state index is 2.40. The van der Waals surface area contributed by atoms with Crippen molar-refractivity contribution in [2.75, 3.05) is 4.90 Å². The van der Waals surface area contributed by atoms with Crippen LogP contribution < -0.4 is 4.90 Å². The molecule has 1 aromatic heterocycles. The van der Waals surface area contributed by atoms with E-state index in [1.165, 1.54) is 66.0 Å². The summed E-state index contributed by atoms with van der Waals surface area (Å²) in [6, 6.07) is 78.8. The molecule has 0 atom stereocenters. The van der Waals surface area contributed by atoms with E-state index in [-0.39, 0.29) is 0 Å². The van der Waals surface area contributed by atoms with Crippen LogP contribution >= 0.6 is 0 Å². The Morgan fingerprint density at radius 1 is 0.315 bits per heavy atom. The first-order valence-electron chi connectivity index (χ1n) is 18.5. The third-order valence-electron chi connectivity index (χ3n) is 10.6. The summed E-state index contributed by atoms with van der Waals surface area (Å²) < 4.78 is 2.40. The predicted molar refractivity (Wildman–Crippen MR) is 229 cm³/mol. The molecule has 0 fully saturated rings. The number of benzene rings is 9. The average molecular weight is 689 g/mol. The molecule has 2 nitrogen and oxygen atoms in total. The van der Waals surface area contributed by atoms with Crippen molar-refractivity contribution in [2.24, 2.45) is 0 Å². The molecule has 0 aliphatic heterocycles. The van der Waals surface area contributed by atoms with Crippen molar-refractivity contribution in [1.29, 1.82) is 0 Å². The van der Waals surface area contributed by atoms with Crippen LogP contribution in [0.5, 0.6) is 0 Å². The molecule has 10 rings (SSSR count). The van der Waals surface area contributed by atoms with Gasteiger partial charge in [-0.1, -0.05) is 158 Å². The second-order valence-electron chi connectivity index (χ2n) is 13.8. The minimum absolute atomic E-state index is 1.10. The molecule has 1 heterocycles. The molecule has 0 unspecified atom stereocenters. The Kier molecular flexibility index (Phi) is 7.85. The van der Waals surface area contributed by atoms with Gasteiger partial charge in [-0.2, -0.15) is 0 Å². The van der Waals surface area contributed by atoms with E-state index >= 15 is 0 Å². The highest BCUT2D eigenvalue weighted by atomic mass is 15.1. The van der Waals surface area contributed by atoms with Gasteiger partial charge in [-0.25, -0.2) is 0 Å². The number of aromatic nitrogens is 1. The van der Waals surface area contributed by atoms with Gasteiger partial charge >= 0.3 is 0 Å². The van der Waals surface area contributed by atoms with Crippen LogP contribution in [-0.2, 0) is 0 Å². The highest BCUT2D eigenvalue weighted by molar-refractivity contribution is 6.16. The molecule has 254 valence electrons. The lowest BCUT2D eigenvalue weighted by Gasteiger charge is -2.26. The summed E-state index contributed by atoms with van der Waals surface area (Å²) in [6.45, 7) is 0. The van der Waals surface area contributed by atoms with Gasteiger partial charge in [0.25, 0.3) is 0 Å². The fourth-order valence-electron chi connectivity index (χ4n) is 8.06. The SMILES string of the molecule is c1ccc(-c2ccc(N(c3ccc(-c4cccc5ccccc45)cc3)c3ccc4c(c3)c3c(-c5ccccc5)cccc3n4-c3ccccc3)cc2)cc1. The summed E-state index contributed by atoms with van der Waals surface area (Å²) in [7, 11) is 0. The average Bonchev–Trinajstić information content (AvgIpc) is 3.59. The fourth-order valence-corrected chi connectivity index (χ4v) is 8.06. The van der Waals surface area contributed by atoms with E-state index in [4.69, 9.17) is 0 Å². The Morgan fingerprint density at radius 3 is 1.56 bits per heavy atom. The standard InChI is InChI=1S/C52H36N2/c1-4-14-37(15-5-1)38-26-30-43(31-27-38)53(44-32-28-41(29-33-44)47-23-12-19-39-18-10-11-22-46(39)47)45-34-35-50-49(36-45)52-48(40-16-6-2-7-17-40)24-13-25-51(52)54(50)42-20-8-3-9-21-42/h1-36H. The number of hydrogen-bond donors (Lipinski definition) is 0. The van der Waals surface area contributed by atoms with Crippen molar-refractivity contribution in [2.45, 2.75) is 0 Å². The van der Waals surface area contributed by atoms with E-state index in [1.54, 1.807) is 0 Å². The van der Waals surface area contributed by atoms with Gasteiger partial charge in [0.15, 0.2) is 0 Å². The zero-order valence-corrected chi connectivity index (χ0v) is 29.7. The van der Waals surface area contributed by atoms with Crippen LogP contribution in [0.15, 0.2) is 218 Å². The number of nitrogens with zero attached hydrogens (tertiary/aromatic N) is 2. The summed E-state index contributed by atoms with van der Waals surface area (Å²) in [5, 5.41) is 4.96. The molecule has 0 saturated heterocycles. The van der Waals surface area contributed by atoms with Crippen LogP contribution in [0.3, 0.4) is 0 Å². The molecule has 0 radical (unpaired) electrons.